The Balaban J connectivity index is 1.49. The van der Waals surface area contributed by atoms with Crippen LogP contribution in [0.15, 0.2) is 48.5 Å². The molecule has 0 aliphatic carbocycles. The van der Waals surface area contributed by atoms with Crippen molar-refractivity contribution in [1.82, 2.24) is 0 Å². The summed E-state index contributed by atoms with van der Waals surface area (Å²) in [5.41, 5.74) is 8.21. The molecule has 7 heteroatoms. The number of amides is 1. The summed E-state index contributed by atoms with van der Waals surface area (Å²) in [6, 6.07) is 12.4. The van der Waals surface area contributed by atoms with Crippen molar-refractivity contribution in [2.24, 2.45) is 5.73 Å². The molecule has 7 nitrogen and oxygen atoms in total. The maximum Gasteiger partial charge on any atom is 0.338 e. The Hall–Kier alpha value is -3.61. The van der Waals surface area contributed by atoms with Gasteiger partial charge in [-0.25, -0.2) is 4.79 Å². The molecule has 2 N–H and O–H groups in total. The van der Waals surface area contributed by atoms with E-state index in [0.717, 1.165) is 23.1 Å². The van der Waals surface area contributed by atoms with Gasteiger partial charge < -0.3 is 19.9 Å². The number of ketones is 1. The van der Waals surface area contributed by atoms with Crippen molar-refractivity contribution in [1.29, 1.82) is 0 Å². The van der Waals surface area contributed by atoms with Crippen LogP contribution < -0.4 is 10.5 Å². The third-order valence-corrected chi connectivity index (χ3v) is 4.70. The molecule has 2 aromatic rings. The molecule has 0 atom stereocenters. The fourth-order valence-electron chi connectivity index (χ4n) is 3.14. The van der Waals surface area contributed by atoms with Crippen LogP contribution in [0.25, 0.3) is 5.76 Å². The molecule has 0 aromatic heterocycles. The summed E-state index contributed by atoms with van der Waals surface area (Å²) < 4.78 is 16.5. The van der Waals surface area contributed by atoms with E-state index in [4.69, 9.17) is 19.9 Å². The topological polar surface area (TPSA) is 105 Å². The maximum absolute atomic E-state index is 12.3. The van der Waals surface area contributed by atoms with Gasteiger partial charge in [0.2, 0.25) is 5.91 Å². The lowest BCUT2D eigenvalue weighted by molar-refractivity contribution is -0.118. The molecule has 3 rings (SSSR count). The Morgan fingerprint density at radius 2 is 1.87 bits per heavy atom. The van der Waals surface area contributed by atoms with Crippen LogP contribution in [0.4, 0.5) is 0 Å². The third kappa shape index (κ3) is 6.44. The van der Waals surface area contributed by atoms with Gasteiger partial charge in [-0.2, -0.15) is 0 Å². The van der Waals surface area contributed by atoms with E-state index in [1.807, 2.05) is 18.2 Å². The van der Waals surface area contributed by atoms with Crippen LogP contribution in [-0.4, -0.2) is 24.3 Å². The van der Waals surface area contributed by atoms with E-state index in [9.17, 15) is 14.4 Å². The number of nitrogens with two attached hydrogens (primary N) is 1. The summed E-state index contributed by atoms with van der Waals surface area (Å²) in [4.78, 5) is 34.3. The highest BCUT2D eigenvalue weighted by atomic mass is 16.5. The molecule has 0 saturated heterocycles. The minimum Gasteiger partial charge on any atom is -0.494 e. The lowest BCUT2D eigenvalue weighted by Crippen LogP contribution is -2.10. The standard InChI is InChI=1S/C24H25NO6/c1-16(26)12-22-21-10-5-17(13-19(21)15-30-22)14-31-24(28)18-6-8-20(9-7-18)29-11-3-2-4-23(25)27/h5-10,12-13H,2-4,11,14-15H2,1H3,(H2,25,27)/b22-12+. The first-order valence-electron chi connectivity index (χ1n) is 10.1. The van der Waals surface area contributed by atoms with Gasteiger partial charge in [-0.3, -0.25) is 9.59 Å². The van der Waals surface area contributed by atoms with Crippen molar-refractivity contribution in [2.75, 3.05) is 6.61 Å². The molecule has 0 spiro atoms. The molecule has 31 heavy (non-hydrogen) atoms. The van der Waals surface area contributed by atoms with E-state index in [0.29, 0.717) is 43.1 Å². The van der Waals surface area contributed by atoms with Crippen molar-refractivity contribution < 1.29 is 28.6 Å². The Kier molecular flexibility index (Phi) is 7.43. The monoisotopic (exact) mass is 423 g/mol. The molecule has 1 amide bonds. The maximum atomic E-state index is 12.3. The van der Waals surface area contributed by atoms with Crippen molar-refractivity contribution in [3.05, 3.63) is 70.8 Å². The second-order valence-corrected chi connectivity index (χ2v) is 7.27. The van der Waals surface area contributed by atoms with Gasteiger partial charge in [-0.05, 0) is 55.7 Å². The molecule has 0 unspecified atom stereocenters. The van der Waals surface area contributed by atoms with Gasteiger partial charge in [0.25, 0.3) is 0 Å². The Bertz CT molecular complexity index is 994. The van der Waals surface area contributed by atoms with Crippen LogP contribution in [0.1, 0.15) is 53.2 Å². The van der Waals surface area contributed by atoms with Crippen LogP contribution in [0.5, 0.6) is 5.75 Å². The molecule has 0 fully saturated rings. The predicted octanol–water partition coefficient (Wildman–Crippen LogP) is 3.54. The number of esters is 1. The van der Waals surface area contributed by atoms with Crippen LogP contribution in [0.2, 0.25) is 0 Å². The molecule has 0 radical (unpaired) electrons. The molecule has 0 saturated carbocycles. The smallest absolute Gasteiger partial charge is 0.338 e. The Morgan fingerprint density at radius 1 is 1.10 bits per heavy atom. The quantitative estimate of drug-likeness (QED) is 0.356. The van der Waals surface area contributed by atoms with E-state index >= 15 is 0 Å². The van der Waals surface area contributed by atoms with Gasteiger partial charge in [0, 0.05) is 23.6 Å². The molecule has 0 bridgehead atoms. The average Bonchev–Trinajstić information content (AvgIpc) is 3.13. The first-order valence-corrected chi connectivity index (χ1v) is 10.1. The summed E-state index contributed by atoms with van der Waals surface area (Å²) in [7, 11) is 0. The summed E-state index contributed by atoms with van der Waals surface area (Å²) in [6.07, 6.45) is 3.23. The van der Waals surface area contributed by atoms with Gasteiger partial charge in [0.05, 0.1) is 12.2 Å². The number of hydrogen-bond acceptors (Lipinski definition) is 6. The number of hydrogen-bond donors (Lipinski definition) is 1. The second kappa shape index (κ2) is 10.4. The molecular weight excluding hydrogens is 398 g/mol. The average molecular weight is 423 g/mol. The SMILES string of the molecule is CC(=O)/C=C1/OCc2cc(COC(=O)c3ccc(OCCCCC(N)=O)cc3)ccc21. The fraction of sp³-hybridized carbons (Fsp3) is 0.292. The fourth-order valence-corrected chi connectivity index (χ4v) is 3.14. The van der Waals surface area contributed by atoms with Crippen molar-refractivity contribution >= 4 is 23.4 Å². The van der Waals surface area contributed by atoms with Crippen LogP contribution >= 0.6 is 0 Å². The van der Waals surface area contributed by atoms with Crippen molar-refractivity contribution in [2.45, 2.75) is 39.4 Å². The molecular formula is C24H25NO6. The number of fused-ring (bicyclic) bond motifs is 1. The van der Waals surface area contributed by atoms with E-state index in [1.165, 1.54) is 13.0 Å². The van der Waals surface area contributed by atoms with Crippen LogP contribution in [0.3, 0.4) is 0 Å². The van der Waals surface area contributed by atoms with Crippen LogP contribution in [-0.2, 0) is 32.3 Å². The normalized spacial score (nSPS) is 13.4. The molecule has 1 heterocycles. The van der Waals surface area contributed by atoms with Gasteiger partial charge >= 0.3 is 5.97 Å². The van der Waals surface area contributed by atoms with E-state index < -0.39 is 5.97 Å². The Morgan fingerprint density at radius 3 is 2.58 bits per heavy atom. The second-order valence-electron chi connectivity index (χ2n) is 7.27. The van der Waals surface area contributed by atoms with Gasteiger partial charge in [-0.1, -0.05) is 12.1 Å². The molecule has 1 aliphatic rings. The molecule has 1 aliphatic heterocycles. The van der Waals surface area contributed by atoms with E-state index in [1.54, 1.807) is 24.3 Å². The zero-order valence-electron chi connectivity index (χ0n) is 17.4. The highest BCUT2D eigenvalue weighted by molar-refractivity contribution is 5.94. The lowest BCUT2D eigenvalue weighted by Gasteiger charge is -2.08. The van der Waals surface area contributed by atoms with E-state index in [-0.39, 0.29) is 18.3 Å². The molecule has 162 valence electrons. The Labute approximate surface area is 180 Å². The lowest BCUT2D eigenvalue weighted by atomic mass is 10.0. The third-order valence-electron chi connectivity index (χ3n) is 4.70. The van der Waals surface area contributed by atoms with Crippen molar-refractivity contribution in [3.63, 3.8) is 0 Å². The summed E-state index contributed by atoms with van der Waals surface area (Å²) in [6.45, 7) is 2.48. The summed E-state index contributed by atoms with van der Waals surface area (Å²) in [5, 5.41) is 0. The number of allylic oxidation sites excluding steroid dienone is 1. The minimum absolute atomic E-state index is 0.0691. The number of carbonyl (C=O) groups is 3. The first-order chi connectivity index (χ1) is 14.9. The van der Waals surface area contributed by atoms with Gasteiger partial charge in [0.1, 0.15) is 24.7 Å². The number of rotatable bonds is 10. The van der Waals surface area contributed by atoms with Crippen LogP contribution in [0, 0.1) is 0 Å². The van der Waals surface area contributed by atoms with Crippen molar-refractivity contribution in [3.8, 4) is 5.75 Å². The highest BCUT2D eigenvalue weighted by Gasteiger charge is 2.19. The first kappa shape index (κ1) is 22.1. The molecule has 2 aromatic carbocycles. The minimum atomic E-state index is -0.429. The number of unbranched alkanes of at least 4 members (excludes halogenated alkanes) is 1. The van der Waals surface area contributed by atoms with E-state index in [2.05, 4.69) is 0 Å². The largest absolute Gasteiger partial charge is 0.494 e. The summed E-state index contributed by atoms with van der Waals surface area (Å²) >= 11 is 0. The van der Waals surface area contributed by atoms with Gasteiger partial charge in [0.15, 0.2) is 5.78 Å². The number of carbonyl (C=O) groups excluding carboxylic acids is 3. The predicted molar refractivity (Wildman–Crippen MR) is 114 cm³/mol. The highest BCUT2D eigenvalue weighted by Crippen LogP contribution is 2.30. The van der Waals surface area contributed by atoms with Gasteiger partial charge in [-0.15, -0.1) is 0 Å². The number of ether oxygens (including phenoxy) is 3. The number of primary amides is 1. The summed E-state index contributed by atoms with van der Waals surface area (Å²) in [5.74, 6) is 0.401. The zero-order valence-corrected chi connectivity index (χ0v) is 17.4. The number of benzene rings is 2. The zero-order chi connectivity index (χ0) is 22.2.